The van der Waals surface area contributed by atoms with Crippen LogP contribution in [0.15, 0.2) is 42.5 Å². The van der Waals surface area contributed by atoms with Crippen molar-refractivity contribution in [1.29, 1.82) is 0 Å². The smallest absolute Gasteiger partial charge is 0.260 e. The third-order valence-corrected chi connectivity index (χ3v) is 5.33. The van der Waals surface area contributed by atoms with Crippen LogP contribution < -0.4 is 4.90 Å². The number of fused-ring (bicyclic) bond motifs is 1. The first kappa shape index (κ1) is 21.4. The molecule has 0 aliphatic heterocycles. The van der Waals surface area contributed by atoms with Crippen LogP contribution in [0.25, 0.3) is 10.2 Å². The zero-order valence-electron chi connectivity index (χ0n) is 16.2. The lowest BCUT2D eigenvalue weighted by Crippen LogP contribution is -2.33. The molecule has 2 aromatic carbocycles. The number of anilines is 1. The zero-order chi connectivity index (χ0) is 18.7. The highest BCUT2D eigenvalue weighted by Gasteiger charge is 2.21. The Bertz CT molecular complexity index is 908. The number of nitrogens with zero attached hydrogens (tertiary/aromatic N) is 3. The molecular formula is C21H26ClN3OS. The number of thiazole rings is 1. The Labute approximate surface area is 171 Å². The van der Waals surface area contributed by atoms with Gasteiger partial charge >= 0.3 is 0 Å². The van der Waals surface area contributed by atoms with Crippen molar-refractivity contribution in [2.75, 3.05) is 32.1 Å². The predicted molar refractivity (Wildman–Crippen MR) is 118 cm³/mol. The summed E-state index contributed by atoms with van der Waals surface area (Å²) in [4.78, 5) is 21.9. The van der Waals surface area contributed by atoms with Gasteiger partial charge in [0.2, 0.25) is 0 Å². The summed E-state index contributed by atoms with van der Waals surface area (Å²) >= 11 is 1.60. The van der Waals surface area contributed by atoms with E-state index in [1.165, 1.54) is 5.56 Å². The topological polar surface area (TPSA) is 36.4 Å². The molecule has 0 radical (unpaired) electrons. The van der Waals surface area contributed by atoms with E-state index in [1.54, 1.807) is 11.3 Å². The lowest BCUT2D eigenvalue weighted by atomic mass is 10.1. The average molecular weight is 404 g/mol. The van der Waals surface area contributed by atoms with Gasteiger partial charge in [-0.15, -0.1) is 12.4 Å². The van der Waals surface area contributed by atoms with E-state index < -0.39 is 0 Å². The highest BCUT2D eigenvalue weighted by Crippen LogP contribution is 2.32. The summed E-state index contributed by atoms with van der Waals surface area (Å²) in [7, 11) is 4.10. The van der Waals surface area contributed by atoms with Crippen molar-refractivity contribution in [1.82, 2.24) is 9.88 Å². The van der Waals surface area contributed by atoms with E-state index >= 15 is 0 Å². The van der Waals surface area contributed by atoms with Crippen LogP contribution in [0.1, 0.15) is 27.9 Å². The Balaban J connectivity index is 0.00000261. The summed E-state index contributed by atoms with van der Waals surface area (Å²) in [6.45, 7) is 5.76. The lowest BCUT2D eigenvalue weighted by molar-refractivity contribution is 0.0986. The monoisotopic (exact) mass is 403 g/mol. The van der Waals surface area contributed by atoms with Crippen molar-refractivity contribution < 1.29 is 4.79 Å². The molecule has 6 heteroatoms. The molecule has 144 valence electrons. The minimum atomic E-state index is 0. The van der Waals surface area contributed by atoms with Crippen LogP contribution in [0.4, 0.5) is 5.13 Å². The predicted octanol–water partition coefficient (Wildman–Crippen LogP) is 4.93. The molecule has 0 unspecified atom stereocenters. The van der Waals surface area contributed by atoms with E-state index in [9.17, 15) is 4.79 Å². The van der Waals surface area contributed by atoms with Gasteiger partial charge in [0, 0.05) is 12.1 Å². The summed E-state index contributed by atoms with van der Waals surface area (Å²) < 4.78 is 1.14. The summed E-state index contributed by atoms with van der Waals surface area (Å²) in [6, 6.07) is 13.7. The summed E-state index contributed by atoms with van der Waals surface area (Å²) in [5, 5.41) is 0.779. The Morgan fingerprint density at radius 3 is 2.44 bits per heavy atom. The quantitative estimate of drug-likeness (QED) is 0.585. The average Bonchev–Trinajstić information content (AvgIpc) is 3.02. The molecule has 3 rings (SSSR count). The number of amides is 1. The summed E-state index contributed by atoms with van der Waals surface area (Å²) in [5.74, 6) is 0.0118. The van der Waals surface area contributed by atoms with Gasteiger partial charge in [0.15, 0.2) is 5.13 Å². The van der Waals surface area contributed by atoms with Gasteiger partial charge in [-0.25, -0.2) is 4.98 Å². The number of carbonyl (C=O) groups excluding carboxylic acids is 1. The van der Waals surface area contributed by atoms with Crippen molar-refractivity contribution >= 4 is 45.0 Å². The van der Waals surface area contributed by atoms with E-state index in [4.69, 9.17) is 4.98 Å². The summed E-state index contributed by atoms with van der Waals surface area (Å²) in [6.07, 6.45) is 0.902. The van der Waals surface area contributed by atoms with Gasteiger partial charge in [-0.3, -0.25) is 9.69 Å². The number of hydrogen-bond donors (Lipinski definition) is 0. The van der Waals surface area contributed by atoms with Crippen molar-refractivity contribution in [2.24, 2.45) is 0 Å². The van der Waals surface area contributed by atoms with Gasteiger partial charge in [0.25, 0.3) is 5.91 Å². The molecule has 0 atom stereocenters. The fourth-order valence-electron chi connectivity index (χ4n) is 3.04. The molecule has 1 amide bonds. The van der Waals surface area contributed by atoms with Crippen LogP contribution in [-0.2, 0) is 0 Å². The number of rotatable bonds is 6. The van der Waals surface area contributed by atoms with E-state index in [1.807, 2.05) is 49.3 Å². The zero-order valence-corrected chi connectivity index (χ0v) is 17.9. The largest absolute Gasteiger partial charge is 0.309 e. The first-order valence-electron chi connectivity index (χ1n) is 8.85. The molecule has 0 saturated carbocycles. The van der Waals surface area contributed by atoms with E-state index in [-0.39, 0.29) is 18.3 Å². The number of benzene rings is 2. The molecule has 0 aliphatic carbocycles. The van der Waals surface area contributed by atoms with Crippen LogP contribution in [0.3, 0.4) is 0 Å². The lowest BCUT2D eigenvalue weighted by Gasteiger charge is -2.21. The first-order valence-corrected chi connectivity index (χ1v) is 9.67. The van der Waals surface area contributed by atoms with Crippen LogP contribution in [0.2, 0.25) is 0 Å². The molecule has 0 aliphatic rings. The molecule has 0 saturated heterocycles. The third-order valence-electron chi connectivity index (χ3n) is 4.30. The van der Waals surface area contributed by atoms with Gasteiger partial charge in [-0.2, -0.15) is 0 Å². The number of hydrogen-bond acceptors (Lipinski definition) is 4. The fourth-order valence-corrected chi connectivity index (χ4v) is 4.21. The number of carbonyl (C=O) groups is 1. The maximum Gasteiger partial charge on any atom is 0.260 e. The van der Waals surface area contributed by atoms with Crippen molar-refractivity contribution in [3.8, 4) is 0 Å². The Hall–Kier alpha value is -1.95. The maximum atomic E-state index is 13.1. The van der Waals surface area contributed by atoms with E-state index in [2.05, 4.69) is 30.9 Å². The Morgan fingerprint density at radius 1 is 1.07 bits per heavy atom. The highest BCUT2D eigenvalue weighted by atomic mass is 35.5. The Morgan fingerprint density at radius 2 is 1.78 bits per heavy atom. The van der Waals surface area contributed by atoms with Gasteiger partial charge in [-0.05, 0) is 70.2 Å². The van der Waals surface area contributed by atoms with Crippen molar-refractivity contribution in [2.45, 2.75) is 20.3 Å². The highest BCUT2D eigenvalue weighted by molar-refractivity contribution is 7.22. The van der Waals surface area contributed by atoms with Crippen LogP contribution in [0, 0.1) is 13.8 Å². The molecule has 1 aromatic heterocycles. The number of halogens is 1. The molecular weight excluding hydrogens is 378 g/mol. The van der Waals surface area contributed by atoms with Crippen molar-refractivity contribution in [3.63, 3.8) is 0 Å². The first-order chi connectivity index (χ1) is 12.5. The minimum Gasteiger partial charge on any atom is -0.309 e. The number of aryl methyl sites for hydroxylation is 2. The van der Waals surface area contributed by atoms with E-state index in [0.29, 0.717) is 12.1 Å². The molecule has 0 N–H and O–H groups in total. The van der Waals surface area contributed by atoms with E-state index in [0.717, 1.165) is 33.9 Å². The van der Waals surface area contributed by atoms with Gasteiger partial charge in [0.1, 0.15) is 0 Å². The second-order valence-electron chi connectivity index (χ2n) is 6.90. The molecule has 4 nitrogen and oxygen atoms in total. The Kier molecular flexibility index (Phi) is 7.36. The molecule has 0 bridgehead atoms. The van der Waals surface area contributed by atoms with Gasteiger partial charge < -0.3 is 4.90 Å². The molecule has 0 fully saturated rings. The molecule has 0 spiro atoms. The van der Waals surface area contributed by atoms with Crippen LogP contribution in [-0.4, -0.2) is 43.0 Å². The second-order valence-corrected chi connectivity index (χ2v) is 7.91. The molecule has 3 aromatic rings. The summed E-state index contributed by atoms with van der Waals surface area (Å²) in [5.41, 5.74) is 4.07. The maximum absolute atomic E-state index is 13.1. The minimum absolute atomic E-state index is 0. The number of aromatic nitrogens is 1. The normalized spacial score (nSPS) is 10.9. The fraction of sp³-hybridized carbons (Fsp3) is 0.333. The second kappa shape index (κ2) is 9.31. The molecule has 27 heavy (non-hydrogen) atoms. The SMILES string of the molecule is Cc1cc(C)c2nc(N(CCCN(C)C)C(=O)c3ccccc3)sc2c1.Cl. The van der Waals surface area contributed by atoms with Crippen molar-refractivity contribution in [3.05, 3.63) is 59.2 Å². The van der Waals surface area contributed by atoms with Crippen LogP contribution in [0.5, 0.6) is 0 Å². The van der Waals surface area contributed by atoms with Gasteiger partial charge in [0.05, 0.1) is 10.2 Å². The third kappa shape index (κ3) is 5.06. The molecule has 1 heterocycles. The standard InChI is InChI=1S/C21H25N3OS.ClH/c1-15-13-16(2)19-18(14-15)26-21(22-19)24(12-8-11-23(3)4)20(25)17-9-6-5-7-10-17;/h5-7,9-10,13-14H,8,11-12H2,1-4H3;1H. The van der Waals surface area contributed by atoms with Gasteiger partial charge in [-0.1, -0.05) is 35.6 Å². The van der Waals surface area contributed by atoms with Crippen LogP contribution >= 0.6 is 23.7 Å².